The number of hydrogen-bond donors (Lipinski definition) is 1. The van der Waals surface area contributed by atoms with E-state index in [-0.39, 0.29) is 18.1 Å². The number of nitrogens with one attached hydrogen (secondary N) is 1. The largest absolute Gasteiger partial charge is 0.383 e. The van der Waals surface area contributed by atoms with Gasteiger partial charge in [-0.3, -0.25) is 9.36 Å². The van der Waals surface area contributed by atoms with Crippen LogP contribution in [0.4, 0.5) is 0 Å². The molecule has 3 rings (SSSR count). The Hall–Kier alpha value is -2.93. The summed E-state index contributed by atoms with van der Waals surface area (Å²) in [7, 11) is 1.57. The second kappa shape index (κ2) is 7.10. The van der Waals surface area contributed by atoms with Crippen LogP contribution in [0, 0.1) is 0 Å². The van der Waals surface area contributed by atoms with Crippen LogP contribution in [0.25, 0.3) is 16.9 Å². The first-order chi connectivity index (χ1) is 11.7. The fraction of sp³-hybridized carbons (Fsp3) is 0.235. The lowest BCUT2D eigenvalue weighted by atomic mass is 10.3. The summed E-state index contributed by atoms with van der Waals surface area (Å²) >= 11 is 0. The average Bonchev–Trinajstić information content (AvgIpc) is 2.88. The number of carbonyl (C=O) groups is 1. The number of pyridine rings is 1. The maximum Gasteiger partial charge on any atom is 0.335 e. The van der Waals surface area contributed by atoms with Crippen LogP contribution in [0.15, 0.2) is 53.5 Å². The highest BCUT2D eigenvalue weighted by Gasteiger charge is 2.17. The highest BCUT2D eigenvalue weighted by atomic mass is 16.5. The van der Waals surface area contributed by atoms with E-state index in [0.717, 1.165) is 0 Å². The van der Waals surface area contributed by atoms with E-state index in [1.165, 1.54) is 9.13 Å². The Morgan fingerprint density at radius 3 is 2.75 bits per heavy atom. The van der Waals surface area contributed by atoms with Crippen LogP contribution in [0.2, 0.25) is 0 Å². The minimum Gasteiger partial charge on any atom is -0.383 e. The molecule has 0 aliphatic heterocycles. The summed E-state index contributed by atoms with van der Waals surface area (Å²) < 4.78 is 7.84. The van der Waals surface area contributed by atoms with Crippen molar-refractivity contribution in [2.24, 2.45) is 0 Å². The number of rotatable bonds is 6. The van der Waals surface area contributed by atoms with E-state index in [4.69, 9.17) is 4.74 Å². The molecular weight excluding hydrogens is 308 g/mol. The number of nitrogens with zero attached hydrogens (tertiary/aromatic N) is 3. The van der Waals surface area contributed by atoms with Crippen molar-refractivity contribution in [1.29, 1.82) is 0 Å². The highest BCUT2D eigenvalue weighted by molar-refractivity contribution is 5.80. The molecule has 0 aliphatic rings. The topological polar surface area (TPSA) is 78.1 Å². The van der Waals surface area contributed by atoms with E-state index in [0.29, 0.717) is 30.0 Å². The predicted octanol–water partition coefficient (Wildman–Crippen LogP) is 0.950. The van der Waals surface area contributed by atoms with Gasteiger partial charge in [0.25, 0.3) is 0 Å². The number of imidazole rings is 1. The van der Waals surface area contributed by atoms with Gasteiger partial charge in [-0.15, -0.1) is 0 Å². The van der Waals surface area contributed by atoms with Crippen LogP contribution in [0.5, 0.6) is 0 Å². The van der Waals surface area contributed by atoms with Crippen molar-refractivity contribution in [3.8, 4) is 5.69 Å². The van der Waals surface area contributed by atoms with Crippen molar-refractivity contribution in [3.05, 3.63) is 59.1 Å². The third-order valence-electron chi connectivity index (χ3n) is 3.64. The van der Waals surface area contributed by atoms with E-state index in [2.05, 4.69) is 10.3 Å². The minimum atomic E-state index is -0.295. The van der Waals surface area contributed by atoms with Crippen molar-refractivity contribution in [2.75, 3.05) is 20.3 Å². The van der Waals surface area contributed by atoms with Gasteiger partial charge in [0.2, 0.25) is 5.91 Å². The van der Waals surface area contributed by atoms with Gasteiger partial charge in [0.1, 0.15) is 6.54 Å². The number of ether oxygens (including phenoxy) is 1. The molecule has 0 aliphatic carbocycles. The maximum atomic E-state index is 12.8. The Bertz CT molecular complexity index is 899. The zero-order chi connectivity index (χ0) is 16.9. The zero-order valence-electron chi connectivity index (χ0n) is 13.3. The maximum absolute atomic E-state index is 12.8. The molecule has 0 radical (unpaired) electrons. The second-order valence-corrected chi connectivity index (χ2v) is 5.23. The van der Waals surface area contributed by atoms with Gasteiger partial charge in [0.15, 0.2) is 5.65 Å². The van der Waals surface area contributed by atoms with E-state index in [1.54, 1.807) is 25.4 Å². The van der Waals surface area contributed by atoms with Gasteiger partial charge in [-0.25, -0.2) is 14.3 Å². The number of hydrogen-bond acceptors (Lipinski definition) is 4. The van der Waals surface area contributed by atoms with Crippen molar-refractivity contribution >= 4 is 17.1 Å². The van der Waals surface area contributed by atoms with Crippen LogP contribution in [0.1, 0.15) is 0 Å². The molecule has 0 unspecified atom stereocenters. The number of methoxy groups -OCH3 is 1. The van der Waals surface area contributed by atoms with Crippen LogP contribution in [-0.4, -0.2) is 40.3 Å². The summed E-state index contributed by atoms with van der Waals surface area (Å²) in [5.74, 6) is -0.245. The lowest BCUT2D eigenvalue weighted by Crippen LogP contribution is -2.34. The van der Waals surface area contributed by atoms with E-state index in [9.17, 15) is 9.59 Å². The normalized spacial score (nSPS) is 10.9. The Morgan fingerprint density at radius 1 is 1.21 bits per heavy atom. The molecule has 0 atom stereocenters. The van der Waals surface area contributed by atoms with Crippen LogP contribution < -0.4 is 11.0 Å². The number of amides is 1. The second-order valence-electron chi connectivity index (χ2n) is 5.23. The molecule has 0 saturated heterocycles. The predicted molar refractivity (Wildman–Crippen MR) is 90.2 cm³/mol. The van der Waals surface area contributed by atoms with Gasteiger partial charge in [0.05, 0.1) is 17.8 Å². The summed E-state index contributed by atoms with van der Waals surface area (Å²) in [5, 5.41) is 2.72. The van der Waals surface area contributed by atoms with Gasteiger partial charge < -0.3 is 10.1 Å². The third-order valence-corrected chi connectivity index (χ3v) is 3.64. The summed E-state index contributed by atoms with van der Waals surface area (Å²) in [6.07, 6.45) is 1.63. The van der Waals surface area contributed by atoms with Crippen molar-refractivity contribution in [3.63, 3.8) is 0 Å². The zero-order valence-corrected chi connectivity index (χ0v) is 13.3. The number of fused-ring (bicyclic) bond motifs is 1. The molecular formula is C17H18N4O3. The number of aromatic nitrogens is 3. The molecule has 7 nitrogen and oxygen atoms in total. The molecule has 124 valence electrons. The highest BCUT2D eigenvalue weighted by Crippen LogP contribution is 2.15. The Kier molecular flexibility index (Phi) is 4.72. The van der Waals surface area contributed by atoms with Crippen molar-refractivity contribution < 1.29 is 9.53 Å². The summed E-state index contributed by atoms with van der Waals surface area (Å²) in [6.45, 7) is 0.762. The quantitative estimate of drug-likeness (QED) is 0.684. The Balaban J connectivity index is 2.02. The standard InChI is InChI=1S/C17H18N4O3/c1-24-11-10-18-15(22)12-20-14-8-5-9-19-16(14)21(17(20)23)13-6-3-2-4-7-13/h2-9H,10-12H2,1H3,(H,18,22). The SMILES string of the molecule is COCCNC(=O)Cn1c(=O)n(-c2ccccc2)c2ncccc21. The molecule has 7 heteroatoms. The van der Waals surface area contributed by atoms with Crippen molar-refractivity contribution in [1.82, 2.24) is 19.4 Å². The molecule has 0 saturated carbocycles. The number of carbonyl (C=O) groups excluding carboxylic acids is 1. The summed E-state index contributed by atoms with van der Waals surface area (Å²) in [6, 6.07) is 12.8. The fourth-order valence-corrected chi connectivity index (χ4v) is 2.54. The van der Waals surface area contributed by atoms with Gasteiger partial charge in [-0.05, 0) is 24.3 Å². The van der Waals surface area contributed by atoms with Gasteiger partial charge in [-0.2, -0.15) is 0 Å². The smallest absolute Gasteiger partial charge is 0.335 e. The van der Waals surface area contributed by atoms with Crippen LogP contribution >= 0.6 is 0 Å². The Labute approximate surface area is 138 Å². The lowest BCUT2D eigenvalue weighted by Gasteiger charge is -2.05. The number of para-hydroxylation sites is 1. The molecule has 3 aromatic rings. The number of benzene rings is 1. The third kappa shape index (κ3) is 3.07. The van der Waals surface area contributed by atoms with E-state index in [1.807, 2.05) is 30.3 Å². The van der Waals surface area contributed by atoms with Crippen LogP contribution in [-0.2, 0) is 16.1 Å². The monoisotopic (exact) mass is 326 g/mol. The van der Waals surface area contributed by atoms with Gasteiger partial charge in [-0.1, -0.05) is 18.2 Å². The first kappa shape index (κ1) is 15.9. The average molecular weight is 326 g/mol. The summed E-state index contributed by atoms with van der Waals surface area (Å²) in [5.41, 5.74) is 1.56. The van der Waals surface area contributed by atoms with Gasteiger partial charge in [0, 0.05) is 19.9 Å². The van der Waals surface area contributed by atoms with E-state index >= 15 is 0 Å². The fourth-order valence-electron chi connectivity index (χ4n) is 2.54. The summed E-state index contributed by atoms with van der Waals surface area (Å²) in [4.78, 5) is 29.2. The first-order valence-corrected chi connectivity index (χ1v) is 7.59. The molecule has 0 fully saturated rings. The van der Waals surface area contributed by atoms with Gasteiger partial charge >= 0.3 is 5.69 Å². The van der Waals surface area contributed by atoms with Crippen LogP contribution in [0.3, 0.4) is 0 Å². The van der Waals surface area contributed by atoms with Crippen molar-refractivity contribution in [2.45, 2.75) is 6.54 Å². The molecule has 1 N–H and O–H groups in total. The molecule has 24 heavy (non-hydrogen) atoms. The first-order valence-electron chi connectivity index (χ1n) is 7.59. The molecule has 0 spiro atoms. The molecule has 1 aromatic carbocycles. The Morgan fingerprint density at radius 2 is 2.00 bits per heavy atom. The molecule has 2 heterocycles. The van der Waals surface area contributed by atoms with E-state index < -0.39 is 0 Å². The molecule has 2 aromatic heterocycles. The molecule has 1 amide bonds. The molecule has 0 bridgehead atoms. The minimum absolute atomic E-state index is 0.0649. The lowest BCUT2D eigenvalue weighted by molar-refractivity contribution is -0.121.